The fraction of sp³-hybridized carbons (Fsp3) is 0.571. The first kappa shape index (κ1) is 12.4. The minimum Gasteiger partial charge on any atom is -0.494 e. The van der Waals surface area contributed by atoms with E-state index >= 15 is 0 Å². The van der Waals surface area contributed by atoms with Crippen molar-refractivity contribution in [1.82, 2.24) is 5.32 Å². The molecule has 0 bridgehead atoms. The van der Waals surface area contributed by atoms with Crippen LogP contribution >= 0.6 is 0 Å². The van der Waals surface area contributed by atoms with Gasteiger partial charge < -0.3 is 15.2 Å². The lowest BCUT2D eigenvalue weighted by Gasteiger charge is -2.13. The van der Waals surface area contributed by atoms with Crippen LogP contribution in [0.4, 0.5) is 0 Å². The Morgan fingerprint density at radius 1 is 1.41 bits per heavy atom. The molecule has 1 aliphatic rings. The highest BCUT2D eigenvalue weighted by Crippen LogP contribution is 2.32. The van der Waals surface area contributed by atoms with E-state index in [-0.39, 0.29) is 6.10 Å². The SMILES string of the molecule is CCOc1ccccc1CNCC(O)C1CC1. The molecule has 2 rings (SSSR count). The Bertz CT molecular complexity index is 350. The van der Waals surface area contributed by atoms with Crippen molar-refractivity contribution < 1.29 is 9.84 Å². The van der Waals surface area contributed by atoms with Gasteiger partial charge in [0.15, 0.2) is 0 Å². The number of para-hydroxylation sites is 1. The van der Waals surface area contributed by atoms with Crippen LogP contribution in [0.3, 0.4) is 0 Å². The number of ether oxygens (including phenoxy) is 1. The fourth-order valence-electron chi connectivity index (χ4n) is 1.95. The average Bonchev–Trinajstić information content (AvgIpc) is 3.15. The molecule has 0 radical (unpaired) electrons. The first-order valence-corrected chi connectivity index (χ1v) is 6.40. The van der Waals surface area contributed by atoms with Gasteiger partial charge in [-0.15, -0.1) is 0 Å². The van der Waals surface area contributed by atoms with Crippen molar-refractivity contribution >= 4 is 0 Å². The summed E-state index contributed by atoms with van der Waals surface area (Å²) in [5, 5.41) is 13.0. The van der Waals surface area contributed by atoms with Gasteiger partial charge in [-0.05, 0) is 31.7 Å². The zero-order valence-corrected chi connectivity index (χ0v) is 10.4. The molecule has 0 spiro atoms. The minimum absolute atomic E-state index is 0.186. The van der Waals surface area contributed by atoms with Crippen LogP contribution in [-0.4, -0.2) is 24.4 Å². The minimum atomic E-state index is -0.186. The summed E-state index contributed by atoms with van der Waals surface area (Å²) in [7, 11) is 0. The fourth-order valence-corrected chi connectivity index (χ4v) is 1.95. The van der Waals surface area contributed by atoms with Crippen LogP contribution in [0, 0.1) is 5.92 Å². The quantitative estimate of drug-likeness (QED) is 0.759. The monoisotopic (exact) mass is 235 g/mol. The number of hydrogen-bond donors (Lipinski definition) is 2. The number of rotatable bonds is 7. The van der Waals surface area contributed by atoms with Gasteiger partial charge in [0, 0.05) is 18.7 Å². The Balaban J connectivity index is 1.80. The highest BCUT2D eigenvalue weighted by molar-refractivity contribution is 5.33. The molecule has 1 fully saturated rings. The molecule has 0 aliphatic heterocycles. The number of aliphatic hydroxyl groups excluding tert-OH is 1. The highest BCUT2D eigenvalue weighted by Gasteiger charge is 2.29. The molecule has 17 heavy (non-hydrogen) atoms. The third kappa shape index (κ3) is 3.72. The molecular weight excluding hydrogens is 214 g/mol. The van der Waals surface area contributed by atoms with E-state index < -0.39 is 0 Å². The van der Waals surface area contributed by atoms with Crippen LogP contribution in [0.25, 0.3) is 0 Å². The van der Waals surface area contributed by atoms with Gasteiger partial charge >= 0.3 is 0 Å². The van der Waals surface area contributed by atoms with E-state index in [4.69, 9.17) is 4.74 Å². The van der Waals surface area contributed by atoms with Gasteiger partial charge in [-0.25, -0.2) is 0 Å². The summed E-state index contributed by atoms with van der Waals surface area (Å²) < 4.78 is 5.55. The van der Waals surface area contributed by atoms with Crippen LogP contribution in [0.1, 0.15) is 25.3 Å². The van der Waals surface area contributed by atoms with E-state index in [1.165, 1.54) is 12.8 Å². The molecule has 0 saturated heterocycles. The Morgan fingerprint density at radius 3 is 2.88 bits per heavy atom. The molecule has 1 atom stereocenters. The maximum absolute atomic E-state index is 9.75. The summed E-state index contributed by atoms with van der Waals surface area (Å²) >= 11 is 0. The molecule has 3 heteroatoms. The van der Waals surface area contributed by atoms with Crippen LogP contribution in [0.5, 0.6) is 5.75 Å². The molecule has 1 aromatic carbocycles. The normalized spacial score (nSPS) is 16.8. The molecule has 1 unspecified atom stereocenters. The van der Waals surface area contributed by atoms with Crippen molar-refractivity contribution in [2.75, 3.05) is 13.2 Å². The average molecular weight is 235 g/mol. The van der Waals surface area contributed by atoms with Crippen LogP contribution in [-0.2, 0) is 6.54 Å². The van der Waals surface area contributed by atoms with Gasteiger partial charge in [0.2, 0.25) is 0 Å². The number of hydrogen-bond acceptors (Lipinski definition) is 3. The van der Waals surface area contributed by atoms with E-state index in [0.29, 0.717) is 19.1 Å². The van der Waals surface area contributed by atoms with E-state index in [9.17, 15) is 5.11 Å². The van der Waals surface area contributed by atoms with Gasteiger partial charge in [-0.1, -0.05) is 18.2 Å². The second-order valence-corrected chi connectivity index (χ2v) is 4.58. The summed E-state index contributed by atoms with van der Waals surface area (Å²) in [4.78, 5) is 0. The van der Waals surface area contributed by atoms with Crippen molar-refractivity contribution in [1.29, 1.82) is 0 Å². The van der Waals surface area contributed by atoms with E-state index in [1.807, 2.05) is 25.1 Å². The molecule has 94 valence electrons. The summed E-state index contributed by atoms with van der Waals surface area (Å²) in [5.41, 5.74) is 1.15. The Morgan fingerprint density at radius 2 is 2.18 bits per heavy atom. The lowest BCUT2D eigenvalue weighted by atomic mass is 10.2. The van der Waals surface area contributed by atoms with Gasteiger partial charge in [0.25, 0.3) is 0 Å². The molecule has 0 heterocycles. The van der Waals surface area contributed by atoms with E-state index in [0.717, 1.165) is 17.9 Å². The molecule has 2 N–H and O–H groups in total. The summed E-state index contributed by atoms with van der Waals surface area (Å²) in [6.45, 7) is 4.09. The van der Waals surface area contributed by atoms with E-state index in [1.54, 1.807) is 0 Å². The summed E-state index contributed by atoms with van der Waals surface area (Å²) in [5.74, 6) is 1.47. The maximum atomic E-state index is 9.75. The van der Waals surface area contributed by atoms with Crippen molar-refractivity contribution in [3.8, 4) is 5.75 Å². The lowest BCUT2D eigenvalue weighted by Crippen LogP contribution is -2.27. The van der Waals surface area contributed by atoms with Crippen LogP contribution < -0.4 is 10.1 Å². The topological polar surface area (TPSA) is 41.5 Å². The molecule has 3 nitrogen and oxygen atoms in total. The summed E-state index contributed by atoms with van der Waals surface area (Å²) in [6.07, 6.45) is 2.17. The van der Waals surface area contributed by atoms with Crippen LogP contribution in [0.15, 0.2) is 24.3 Å². The Kier molecular flexibility index (Phi) is 4.40. The second kappa shape index (κ2) is 6.03. The molecular formula is C14H21NO2. The zero-order valence-electron chi connectivity index (χ0n) is 10.4. The Hall–Kier alpha value is -1.06. The smallest absolute Gasteiger partial charge is 0.123 e. The molecule has 1 aromatic rings. The number of aliphatic hydroxyl groups is 1. The van der Waals surface area contributed by atoms with Crippen molar-refractivity contribution in [3.05, 3.63) is 29.8 Å². The number of benzene rings is 1. The van der Waals surface area contributed by atoms with Crippen molar-refractivity contribution in [2.45, 2.75) is 32.4 Å². The zero-order chi connectivity index (χ0) is 12.1. The van der Waals surface area contributed by atoms with Gasteiger partial charge in [0.1, 0.15) is 5.75 Å². The predicted octanol–water partition coefficient (Wildman–Crippen LogP) is 1.95. The van der Waals surface area contributed by atoms with Crippen molar-refractivity contribution in [2.24, 2.45) is 5.92 Å². The standard InChI is InChI=1S/C14H21NO2/c1-2-17-14-6-4-3-5-12(14)9-15-10-13(16)11-7-8-11/h3-6,11,13,15-16H,2,7-10H2,1H3. The largest absolute Gasteiger partial charge is 0.494 e. The van der Waals surface area contributed by atoms with Gasteiger partial charge in [-0.2, -0.15) is 0 Å². The molecule has 0 amide bonds. The third-order valence-corrected chi connectivity index (χ3v) is 3.11. The maximum Gasteiger partial charge on any atom is 0.123 e. The van der Waals surface area contributed by atoms with Gasteiger partial charge in [-0.3, -0.25) is 0 Å². The van der Waals surface area contributed by atoms with Gasteiger partial charge in [0.05, 0.1) is 12.7 Å². The molecule has 1 saturated carbocycles. The lowest BCUT2D eigenvalue weighted by molar-refractivity contribution is 0.148. The third-order valence-electron chi connectivity index (χ3n) is 3.11. The summed E-state index contributed by atoms with van der Waals surface area (Å²) in [6, 6.07) is 8.03. The highest BCUT2D eigenvalue weighted by atomic mass is 16.5. The Labute approximate surface area is 103 Å². The predicted molar refractivity (Wildman–Crippen MR) is 68.0 cm³/mol. The first-order valence-electron chi connectivity index (χ1n) is 6.40. The molecule has 1 aliphatic carbocycles. The number of nitrogens with one attached hydrogen (secondary N) is 1. The van der Waals surface area contributed by atoms with Crippen LogP contribution in [0.2, 0.25) is 0 Å². The molecule has 0 aromatic heterocycles. The van der Waals surface area contributed by atoms with Crippen molar-refractivity contribution in [3.63, 3.8) is 0 Å². The first-order chi connectivity index (χ1) is 8.31. The van der Waals surface area contributed by atoms with E-state index in [2.05, 4.69) is 11.4 Å². The second-order valence-electron chi connectivity index (χ2n) is 4.58.